The van der Waals surface area contributed by atoms with Crippen molar-refractivity contribution in [1.82, 2.24) is 10.3 Å². The van der Waals surface area contributed by atoms with Crippen molar-refractivity contribution in [2.45, 2.75) is 32.9 Å². The first kappa shape index (κ1) is 15.2. The molecule has 2 N–H and O–H groups in total. The molecular weight excluding hydrogens is 264 g/mol. The molecule has 4 heteroatoms. The van der Waals surface area contributed by atoms with Crippen LogP contribution in [0.4, 0.5) is 0 Å². The molecule has 1 aromatic carbocycles. The normalized spacial score (nSPS) is 12.1. The summed E-state index contributed by atoms with van der Waals surface area (Å²) in [4.78, 5) is 15.4. The quantitative estimate of drug-likeness (QED) is 0.856. The van der Waals surface area contributed by atoms with Crippen LogP contribution < -0.4 is 5.32 Å². The standard InChI is InChI=1S/C17H20N2O2/c1-12-4-3-5-16(19-12)11-18-10-14-6-8-15(9-7-14)13(2)17(20)21/h3-9,13,18H,10-11H2,1-2H3,(H,20,21). The second kappa shape index (κ2) is 6.99. The molecule has 0 saturated heterocycles. The van der Waals surface area contributed by atoms with Gasteiger partial charge in [-0.25, -0.2) is 0 Å². The molecule has 0 radical (unpaired) electrons. The number of pyridine rings is 1. The number of aromatic nitrogens is 1. The molecule has 0 spiro atoms. The summed E-state index contributed by atoms with van der Waals surface area (Å²) in [5, 5.41) is 12.3. The Hall–Kier alpha value is -2.20. The number of aliphatic carboxylic acids is 1. The van der Waals surface area contributed by atoms with Gasteiger partial charge in [-0.3, -0.25) is 9.78 Å². The number of carboxylic acids is 1. The van der Waals surface area contributed by atoms with E-state index in [-0.39, 0.29) is 0 Å². The number of aryl methyl sites for hydroxylation is 1. The van der Waals surface area contributed by atoms with Crippen molar-refractivity contribution in [3.05, 3.63) is 65.0 Å². The summed E-state index contributed by atoms with van der Waals surface area (Å²) < 4.78 is 0. The highest BCUT2D eigenvalue weighted by atomic mass is 16.4. The van der Waals surface area contributed by atoms with Gasteiger partial charge < -0.3 is 10.4 Å². The molecular formula is C17H20N2O2. The maximum atomic E-state index is 10.9. The minimum atomic E-state index is -0.800. The highest BCUT2D eigenvalue weighted by Crippen LogP contribution is 2.16. The van der Waals surface area contributed by atoms with Crippen LogP contribution in [0.2, 0.25) is 0 Å². The van der Waals surface area contributed by atoms with Crippen molar-refractivity contribution in [2.75, 3.05) is 0 Å². The largest absolute Gasteiger partial charge is 0.481 e. The molecule has 0 bridgehead atoms. The third-order valence-electron chi connectivity index (χ3n) is 3.43. The van der Waals surface area contributed by atoms with E-state index in [1.807, 2.05) is 49.4 Å². The van der Waals surface area contributed by atoms with E-state index in [2.05, 4.69) is 10.3 Å². The topological polar surface area (TPSA) is 62.2 Å². The average molecular weight is 284 g/mol. The fourth-order valence-electron chi connectivity index (χ4n) is 2.10. The molecule has 21 heavy (non-hydrogen) atoms. The maximum absolute atomic E-state index is 10.9. The van der Waals surface area contributed by atoms with Gasteiger partial charge in [-0.15, -0.1) is 0 Å². The number of nitrogens with zero attached hydrogens (tertiary/aromatic N) is 1. The first-order valence-corrected chi connectivity index (χ1v) is 7.01. The first-order chi connectivity index (χ1) is 10.1. The molecule has 4 nitrogen and oxygen atoms in total. The molecule has 1 heterocycles. The minimum absolute atomic E-state index is 0.469. The third-order valence-corrected chi connectivity index (χ3v) is 3.43. The fraction of sp³-hybridized carbons (Fsp3) is 0.294. The van der Waals surface area contributed by atoms with E-state index < -0.39 is 11.9 Å². The molecule has 0 fully saturated rings. The SMILES string of the molecule is Cc1cccc(CNCc2ccc(C(C)C(=O)O)cc2)n1. The van der Waals surface area contributed by atoms with Crippen LogP contribution in [0.15, 0.2) is 42.5 Å². The molecule has 0 aliphatic carbocycles. The van der Waals surface area contributed by atoms with E-state index in [1.54, 1.807) is 6.92 Å². The van der Waals surface area contributed by atoms with Gasteiger partial charge in [-0.05, 0) is 37.1 Å². The predicted octanol–water partition coefficient (Wildman–Crippen LogP) is 2.87. The van der Waals surface area contributed by atoms with Crippen LogP contribution in [-0.2, 0) is 17.9 Å². The van der Waals surface area contributed by atoms with Crippen LogP contribution in [0.1, 0.15) is 35.4 Å². The summed E-state index contributed by atoms with van der Waals surface area (Å²) in [6.07, 6.45) is 0. The number of hydrogen-bond acceptors (Lipinski definition) is 3. The Morgan fingerprint density at radius 3 is 2.52 bits per heavy atom. The molecule has 0 saturated carbocycles. The summed E-state index contributed by atoms with van der Waals surface area (Å²) in [6, 6.07) is 13.7. The Bertz CT molecular complexity index is 608. The molecule has 0 amide bonds. The molecule has 0 aliphatic heterocycles. The smallest absolute Gasteiger partial charge is 0.310 e. The second-order valence-electron chi connectivity index (χ2n) is 5.18. The molecule has 1 atom stereocenters. The predicted molar refractivity (Wildman–Crippen MR) is 82.0 cm³/mol. The van der Waals surface area contributed by atoms with E-state index in [1.165, 1.54) is 0 Å². The van der Waals surface area contributed by atoms with E-state index in [4.69, 9.17) is 5.11 Å². The summed E-state index contributed by atoms with van der Waals surface area (Å²) in [5.74, 6) is -1.27. The van der Waals surface area contributed by atoms with Gasteiger partial charge in [0.05, 0.1) is 11.6 Å². The first-order valence-electron chi connectivity index (χ1n) is 7.01. The van der Waals surface area contributed by atoms with Crippen molar-refractivity contribution in [3.8, 4) is 0 Å². The minimum Gasteiger partial charge on any atom is -0.481 e. The van der Waals surface area contributed by atoms with Gasteiger partial charge in [0.1, 0.15) is 0 Å². The lowest BCUT2D eigenvalue weighted by atomic mass is 10.0. The Morgan fingerprint density at radius 1 is 1.19 bits per heavy atom. The van der Waals surface area contributed by atoms with Crippen LogP contribution in [0, 0.1) is 6.92 Å². The van der Waals surface area contributed by atoms with Gasteiger partial charge in [0, 0.05) is 18.8 Å². The van der Waals surface area contributed by atoms with Crippen molar-refractivity contribution in [3.63, 3.8) is 0 Å². The lowest BCUT2D eigenvalue weighted by Crippen LogP contribution is -2.14. The summed E-state index contributed by atoms with van der Waals surface area (Å²) in [7, 11) is 0. The summed E-state index contributed by atoms with van der Waals surface area (Å²) in [5.41, 5.74) is 3.99. The van der Waals surface area contributed by atoms with Gasteiger partial charge in [0.25, 0.3) is 0 Å². The molecule has 0 aliphatic rings. The number of rotatable bonds is 6. The Morgan fingerprint density at radius 2 is 1.90 bits per heavy atom. The fourth-order valence-corrected chi connectivity index (χ4v) is 2.10. The van der Waals surface area contributed by atoms with E-state index >= 15 is 0 Å². The van der Waals surface area contributed by atoms with Gasteiger partial charge >= 0.3 is 5.97 Å². The zero-order valence-electron chi connectivity index (χ0n) is 12.3. The third kappa shape index (κ3) is 4.39. The number of benzene rings is 1. The highest BCUT2D eigenvalue weighted by molar-refractivity contribution is 5.75. The Balaban J connectivity index is 1.88. The van der Waals surface area contributed by atoms with Crippen LogP contribution in [0.3, 0.4) is 0 Å². The zero-order chi connectivity index (χ0) is 15.2. The second-order valence-corrected chi connectivity index (χ2v) is 5.18. The van der Waals surface area contributed by atoms with Crippen LogP contribution in [0.25, 0.3) is 0 Å². The number of hydrogen-bond donors (Lipinski definition) is 2. The van der Waals surface area contributed by atoms with Gasteiger partial charge in [0.2, 0.25) is 0 Å². The van der Waals surface area contributed by atoms with Crippen molar-refractivity contribution in [1.29, 1.82) is 0 Å². The van der Waals surface area contributed by atoms with Crippen molar-refractivity contribution < 1.29 is 9.90 Å². The van der Waals surface area contributed by atoms with E-state index in [0.717, 1.165) is 35.6 Å². The number of nitrogens with one attached hydrogen (secondary N) is 1. The van der Waals surface area contributed by atoms with E-state index in [0.29, 0.717) is 0 Å². The lowest BCUT2D eigenvalue weighted by molar-refractivity contribution is -0.138. The summed E-state index contributed by atoms with van der Waals surface area (Å²) in [6.45, 7) is 5.12. The average Bonchev–Trinajstić information content (AvgIpc) is 2.47. The van der Waals surface area contributed by atoms with Gasteiger partial charge in [0.15, 0.2) is 0 Å². The molecule has 1 unspecified atom stereocenters. The lowest BCUT2D eigenvalue weighted by Gasteiger charge is -2.09. The monoisotopic (exact) mass is 284 g/mol. The van der Waals surface area contributed by atoms with Gasteiger partial charge in [-0.2, -0.15) is 0 Å². The zero-order valence-corrected chi connectivity index (χ0v) is 12.3. The summed E-state index contributed by atoms with van der Waals surface area (Å²) >= 11 is 0. The van der Waals surface area contributed by atoms with Crippen LogP contribution >= 0.6 is 0 Å². The van der Waals surface area contributed by atoms with Gasteiger partial charge in [-0.1, -0.05) is 30.3 Å². The van der Waals surface area contributed by atoms with E-state index in [9.17, 15) is 4.79 Å². The number of carbonyl (C=O) groups is 1. The Kier molecular flexibility index (Phi) is 5.06. The number of carboxylic acid groups (broad SMARTS) is 1. The highest BCUT2D eigenvalue weighted by Gasteiger charge is 2.12. The van der Waals surface area contributed by atoms with Crippen molar-refractivity contribution in [2.24, 2.45) is 0 Å². The van der Waals surface area contributed by atoms with Crippen LogP contribution in [0.5, 0.6) is 0 Å². The van der Waals surface area contributed by atoms with Crippen molar-refractivity contribution >= 4 is 5.97 Å². The molecule has 2 rings (SSSR count). The maximum Gasteiger partial charge on any atom is 0.310 e. The molecule has 1 aromatic heterocycles. The van der Waals surface area contributed by atoms with Crippen LogP contribution in [-0.4, -0.2) is 16.1 Å². The molecule has 110 valence electrons. The Labute approximate surface area is 124 Å². The molecule has 2 aromatic rings.